The molecule has 1 saturated heterocycles. The largest absolute Gasteiger partial charge is 0.497 e. The van der Waals surface area contributed by atoms with E-state index >= 15 is 0 Å². The molecule has 8 heteroatoms. The smallest absolute Gasteiger partial charge is 0.290 e. The molecule has 8 nitrogen and oxygen atoms in total. The molecule has 1 aliphatic heterocycles. The highest BCUT2D eigenvalue weighted by atomic mass is 16.5. The molecule has 1 aromatic heterocycles. The topological polar surface area (TPSA) is 93.7 Å². The van der Waals surface area contributed by atoms with Gasteiger partial charge in [-0.15, -0.1) is 0 Å². The number of rotatable bonds is 7. The van der Waals surface area contributed by atoms with Crippen molar-refractivity contribution in [2.45, 2.75) is 26.8 Å². The normalized spacial score (nSPS) is 14.8. The van der Waals surface area contributed by atoms with E-state index in [0.717, 1.165) is 44.9 Å². The fourth-order valence-electron chi connectivity index (χ4n) is 3.78. The zero-order valence-corrected chi connectivity index (χ0v) is 17.4. The Labute approximate surface area is 170 Å². The summed E-state index contributed by atoms with van der Waals surface area (Å²) in [5.74, 6) is 0.634. The Morgan fingerprint density at radius 3 is 2.38 bits per heavy atom. The number of carbonyl (C=O) groups is 1. The summed E-state index contributed by atoms with van der Waals surface area (Å²) in [6.07, 6.45) is 0.799. The quantitative estimate of drug-likeness (QED) is 0.706. The molecule has 2 heterocycles. The van der Waals surface area contributed by atoms with E-state index in [1.165, 1.54) is 17.3 Å². The minimum Gasteiger partial charge on any atom is -0.497 e. The van der Waals surface area contributed by atoms with Gasteiger partial charge in [0, 0.05) is 45.0 Å². The number of ketones is 1. The van der Waals surface area contributed by atoms with E-state index in [-0.39, 0.29) is 22.6 Å². The van der Waals surface area contributed by atoms with E-state index in [9.17, 15) is 9.59 Å². The summed E-state index contributed by atoms with van der Waals surface area (Å²) in [5.41, 5.74) is 7.43. The molecule has 0 unspecified atom stereocenters. The van der Waals surface area contributed by atoms with E-state index in [4.69, 9.17) is 10.5 Å². The maximum Gasteiger partial charge on any atom is 0.290 e. The second kappa shape index (κ2) is 9.09. The number of nitrogen functional groups attached to an aromatic ring is 1. The third-order valence-corrected chi connectivity index (χ3v) is 5.37. The fourth-order valence-corrected chi connectivity index (χ4v) is 3.78. The van der Waals surface area contributed by atoms with E-state index < -0.39 is 0 Å². The third-order valence-electron chi connectivity index (χ3n) is 5.37. The second-order valence-corrected chi connectivity index (χ2v) is 7.34. The van der Waals surface area contributed by atoms with Gasteiger partial charge in [0.15, 0.2) is 5.78 Å². The lowest BCUT2D eigenvalue weighted by Gasteiger charge is -2.36. The van der Waals surface area contributed by atoms with Gasteiger partial charge in [0.2, 0.25) is 0 Å². The first kappa shape index (κ1) is 20.9. The number of Topliss-reactive ketones (excluding diaryl/α,β-unsaturated/α-hetero) is 1. The Kier molecular flexibility index (Phi) is 6.53. The molecule has 0 radical (unpaired) electrons. The summed E-state index contributed by atoms with van der Waals surface area (Å²) in [6.45, 7) is 8.35. The molecule has 0 bridgehead atoms. The van der Waals surface area contributed by atoms with Crippen molar-refractivity contribution in [3.8, 4) is 5.75 Å². The molecule has 156 valence electrons. The van der Waals surface area contributed by atoms with Crippen LogP contribution in [0.1, 0.15) is 29.4 Å². The monoisotopic (exact) mass is 399 g/mol. The number of anilines is 2. The van der Waals surface area contributed by atoms with Crippen LogP contribution in [0.5, 0.6) is 5.75 Å². The predicted molar refractivity (Wildman–Crippen MR) is 114 cm³/mol. The van der Waals surface area contributed by atoms with E-state index in [1.54, 1.807) is 14.0 Å². The molecule has 1 fully saturated rings. The van der Waals surface area contributed by atoms with Gasteiger partial charge in [-0.05, 0) is 44.5 Å². The number of nitrogens with two attached hydrogens (primary N) is 1. The van der Waals surface area contributed by atoms with Gasteiger partial charge in [-0.2, -0.15) is 5.10 Å². The van der Waals surface area contributed by atoms with Crippen molar-refractivity contribution < 1.29 is 9.53 Å². The number of aromatic nitrogens is 2. The zero-order valence-electron chi connectivity index (χ0n) is 17.4. The van der Waals surface area contributed by atoms with Crippen molar-refractivity contribution >= 4 is 17.2 Å². The van der Waals surface area contributed by atoms with Crippen molar-refractivity contribution in [3.63, 3.8) is 0 Å². The van der Waals surface area contributed by atoms with Crippen LogP contribution in [-0.2, 0) is 6.54 Å². The third kappa shape index (κ3) is 4.76. The molecule has 2 aromatic rings. The van der Waals surface area contributed by atoms with Gasteiger partial charge in [0.05, 0.1) is 18.4 Å². The molecule has 29 heavy (non-hydrogen) atoms. The maximum absolute atomic E-state index is 12.4. The number of hydrogen-bond acceptors (Lipinski definition) is 7. The molecule has 1 aromatic carbocycles. The summed E-state index contributed by atoms with van der Waals surface area (Å²) in [6, 6.07) is 8.14. The van der Waals surface area contributed by atoms with Crippen LogP contribution in [0.3, 0.4) is 0 Å². The minimum absolute atomic E-state index is 0.00175. The highest BCUT2D eigenvalue weighted by molar-refractivity contribution is 5.99. The minimum atomic E-state index is -0.384. The van der Waals surface area contributed by atoms with Gasteiger partial charge >= 0.3 is 0 Å². The summed E-state index contributed by atoms with van der Waals surface area (Å²) >= 11 is 0. The number of piperazine rings is 1. The second-order valence-electron chi connectivity index (χ2n) is 7.34. The van der Waals surface area contributed by atoms with Crippen LogP contribution in [0.4, 0.5) is 11.4 Å². The van der Waals surface area contributed by atoms with E-state index in [1.807, 2.05) is 12.1 Å². The fraction of sp³-hybridized carbons (Fsp3) is 0.476. The molecular formula is C21H29N5O3. The van der Waals surface area contributed by atoms with Gasteiger partial charge in [-0.25, -0.2) is 4.68 Å². The molecule has 2 N–H and O–H groups in total. The van der Waals surface area contributed by atoms with Crippen molar-refractivity contribution in [1.82, 2.24) is 14.7 Å². The summed E-state index contributed by atoms with van der Waals surface area (Å²) in [4.78, 5) is 28.8. The summed E-state index contributed by atoms with van der Waals surface area (Å²) in [5, 5.41) is 4.27. The van der Waals surface area contributed by atoms with Gasteiger partial charge in [0.1, 0.15) is 11.4 Å². The van der Waals surface area contributed by atoms with E-state index in [0.29, 0.717) is 12.2 Å². The van der Waals surface area contributed by atoms with Crippen molar-refractivity contribution in [1.29, 1.82) is 0 Å². The van der Waals surface area contributed by atoms with Crippen LogP contribution in [0.15, 0.2) is 29.1 Å². The lowest BCUT2D eigenvalue weighted by Crippen LogP contribution is -2.46. The number of aryl methyl sites for hydroxylation is 2. The number of nitrogens with zero attached hydrogens (tertiary/aromatic N) is 4. The molecule has 0 atom stereocenters. The predicted octanol–water partition coefficient (Wildman–Crippen LogP) is 1.56. The Morgan fingerprint density at radius 1 is 1.14 bits per heavy atom. The van der Waals surface area contributed by atoms with Crippen LogP contribution in [-0.4, -0.2) is 60.3 Å². The Hall–Kier alpha value is -2.87. The molecule has 1 aliphatic rings. The van der Waals surface area contributed by atoms with E-state index in [2.05, 4.69) is 27.0 Å². The number of benzene rings is 1. The van der Waals surface area contributed by atoms with Gasteiger partial charge < -0.3 is 15.4 Å². The Bertz CT molecular complexity index is 915. The lowest BCUT2D eigenvalue weighted by atomic mass is 10.1. The number of methoxy groups -OCH3 is 1. The van der Waals surface area contributed by atoms with Crippen LogP contribution in [0, 0.1) is 6.92 Å². The number of ether oxygens (including phenoxy) is 1. The van der Waals surface area contributed by atoms with Crippen LogP contribution in [0.2, 0.25) is 0 Å². The van der Waals surface area contributed by atoms with Crippen LogP contribution >= 0.6 is 0 Å². The summed E-state index contributed by atoms with van der Waals surface area (Å²) < 4.78 is 6.59. The standard InChI is InChI=1S/C21H29N5O3/c1-15-19(16(2)27)20(22)21(28)26(23-15)10-4-9-24-11-13-25(14-12-24)17-5-7-18(29-3)8-6-17/h5-8H,4,9-14,22H2,1-3H3. The van der Waals surface area contributed by atoms with Crippen LogP contribution < -0.4 is 20.9 Å². The average Bonchev–Trinajstić information content (AvgIpc) is 2.72. The van der Waals surface area contributed by atoms with Crippen molar-refractivity contribution in [3.05, 3.63) is 45.9 Å². The Balaban J connectivity index is 1.51. The maximum atomic E-state index is 12.4. The highest BCUT2D eigenvalue weighted by Gasteiger charge is 2.18. The SMILES string of the molecule is COc1ccc(N2CCN(CCCn3nc(C)c(C(C)=O)c(N)c3=O)CC2)cc1. The molecule has 0 aliphatic carbocycles. The molecule has 0 saturated carbocycles. The first-order chi connectivity index (χ1) is 13.9. The molecule has 0 spiro atoms. The molecular weight excluding hydrogens is 370 g/mol. The first-order valence-electron chi connectivity index (χ1n) is 9.90. The first-order valence-corrected chi connectivity index (χ1v) is 9.90. The number of carbonyl (C=O) groups excluding carboxylic acids is 1. The van der Waals surface area contributed by atoms with Gasteiger partial charge in [-0.1, -0.05) is 0 Å². The summed E-state index contributed by atoms with van der Waals surface area (Å²) in [7, 11) is 1.67. The van der Waals surface area contributed by atoms with Crippen molar-refractivity contribution in [2.24, 2.45) is 0 Å². The van der Waals surface area contributed by atoms with Gasteiger partial charge in [0.25, 0.3) is 5.56 Å². The van der Waals surface area contributed by atoms with Crippen LogP contribution in [0.25, 0.3) is 0 Å². The van der Waals surface area contributed by atoms with Crippen molar-refractivity contribution in [2.75, 3.05) is 50.5 Å². The number of hydrogen-bond donors (Lipinski definition) is 1. The zero-order chi connectivity index (χ0) is 21.0. The van der Waals surface area contributed by atoms with Gasteiger partial charge in [-0.3, -0.25) is 14.5 Å². The Morgan fingerprint density at radius 2 is 1.79 bits per heavy atom. The highest BCUT2D eigenvalue weighted by Crippen LogP contribution is 2.20. The molecule has 3 rings (SSSR count). The average molecular weight is 399 g/mol. The molecule has 0 amide bonds. The lowest BCUT2D eigenvalue weighted by molar-refractivity contribution is 0.101.